The molecule has 2 unspecified atom stereocenters. The van der Waals surface area contributed by atoms with Crippen molar-refractivity contribution in [3.05, 3.63) is 34.3 Å². The van der Waals surface area contributed by atoms with Gasteiger partial charge in [0.15, 0.2) is 9.84 Å². The summed E-state index contributed by atoms with van der Waals surface area (Å²) >= 11 is 3.47. The van der Waals surface area contributed by atoms with Crippen molar-refractivity contribution in [3.8, 4) is 0 Å². The molecule has 1 aliphatic heterocycles. The van der Waals surface area contributed by atoms with Crippen LogP contribution in [0.4, 0.5) is 0 Å². The molecule has 1 heterocycles. The monoisotopic (exact) mass is 331 g/mol. The molecule has 5 heteroatoms. The van der Waals surface area contributed by atoms with Crippen molar-refractivity contribution in [1.82, 2.24) is 5.32 Å². The number of hydrogen-bond acceptors (Lipinski definition) is 3. The van der Waals surface area contributed by atoms with Crippen LogP contribution in [0.3, 0.4) is 0 Å². The molecule has 1 aromatic rings. The molecule has 1 aromatic carbocycles. The highest BCUT2D eigenvalue weighted by Crippen LogP contribution is 2.33. The van der Waals surface area contributed by atoms with Gasteiger partial charge in [-0.3, -0.25) is 0 Å². The van der Waals surface area contributed by atoms with Gasteiger partial charge in [0.25, 0.3) is 0 Å². The van der Waals surface area contributed by atoms with E-state index in [1.807, 2.05) is 19.2 Å². The van der Waals surface area contributed by atoms with Gasteiger partial charge in [-0.15, -0.1) is 0 Å². The number of rotatable bonds is 4. The molecule has 100 valence electrons. The summed E-state index contributed by atoms with van der Waals surface area (Å²) in [6.07, 6.45) is 0.779. The van der Waals surface area contributed by atoms with E-state index in [0.717, 1.165) is 17.4 Å². The van der Waals surface area contributed by atoms with E-state index in [1.54, 1.807) is 0 Å². The van der Waals surface area contributed by atoms with Crippen LogP contribution >= 0.6 is 15.9 Å². The average molecular weight is 332 g/mol. The summed E-state index contributed by atoms with van der Waals surface area (Å²) in [7, 11) is -0.905. The predicted molar refractivity (Wildman–Crippen MR) is 77.6 cm³/mol. The normalized spacial score (nSPS) is 24.0. The van der Waals surface area contributed by atoms with E-state index >= 15 is 0 Å². The molecule has 1 fully saturated rings. The fourth-order valence-electron chi connectivity index (χ4n) is 2.65. The molecule has 1 saturated heterocycles. The first kappa shape index (κ1) is 14.0. The van der Waals surface area contributed by atoms with Crippen molar-refractivity contribution < 1.29 is 8.42 Å². The van der Waals surface area contributed by atoms with Gasteiger partial charge < -0.3 is 5.32 Å². The van der Waals surface area contributed by atoms with Crippen LogP contribution < -0.4 is 5.32 Å². The Morgan fingerprint density at radius 1 is 1.50 bits per heavy atom. The maximum atomic E-state index is 11.6. The molecule has 0 amide bonds. The van der Waals surface area contributed by atoms with Gasteiger partial charge in [0, 0.05) is 16.9 Å². The minimum absolute atomic E-state index is 0.233. The second kappa shape index (κ2) is 5.72. The van der Waals surface area contributed by atoms with Gasteiger partial charge in [0.05, 0.1) is 11.5 Å². The van der Waals surface area contributed by atoms with Crippen molar-refractivity contribution in [2.45, 2.75) is 12.3 Å². The molecule has 0 spiro atoms. The SMILES string of the molecule is CNCC(c1cccc(Br)c1)C1CCS(=O)(=O)C1. The Balaban J connectivity index is 2.24. The zero-order valence-corrected chi connectivity index (χ0v) is 12.8. The smallest absolute Gasteiger partial charge is 0.150 e. The maximum absolute atomic E-state index is 11.6. The third kappa shape index (κ3) is 3.33. The number of hydrogen-bond donors (Lipinski definition) is 1. The van der Waals surface area contributed by atoms with E-state index < -0.39 is 9.84 Å². The summed E-state index contributed by atoms with van der Waals surface area (Å²) < 4.78 is 24.3. The lowest BCUT2D eigenvalue weighted by Gasteiger charge is -2.23. The van der Waals surface area contributed by atoms with Gasteiger partial charge in [-0.25, -0.2) is 8.42 Å². The van der Waals surface area contributed by atoms with Crippen molar-refractivity contribution in [2.75, 3.05) is 25.1 Å². The fourth-order valence-corrected chi connectivity index (χ4v) is 4.95. The number of sulfone groups is 1. The molecule has 0 radical (unpaired) electrons. The molecule has 0 aliphatic carbocycles. The number of likely N-dealkylation sites (N-methyl/N-ethyl adjacent to an activating group) is 1. The average Bonchev–Trinajstić information content (AvgIpc) is 2.66. The molecule has 18 heavy (non-hydrogen) atoms. The van der Waals surface area contributed by atoms with Crippen LogP contribution in [0.5, 0.6) is 0 Å². The molecular weight excluding hydrogens is 314 g/mol. The quantitative estimate of drug-likeness (QED) is 0.919. The number of nitrogens with one attached hydrogen (secondary N) is 1. The van der Waals surface area contributed by atoms with E-state index in [-0.39, 0.29) is 11.8 Å². The number of halogens is 1. The third-order valence-corrected chi connectivity index (χ3v) is 5.82. The van der Waals surface area contributed by atoms with Crippen LogP contribution in [0.1, 0.15) is 17.9 Å². The zero-order valence-electron chi connectivity index (χ0n) is 10.4. The highest BCUT2D eigenvalue weighted by atomic mass is 79.9. The second-order valence-electron chi connectivity index (χ2n) is 4.88. The first-order chi connectivity index (χ1) is 8.52. The minimum atomic E-state index is -2.82. The van der Waals surface area contributed by atoms with E-state index in [4.69, 9.17) is 0 Å². The van der Waals surface area contributed by atoms with Crippen molar-refractivity contribution >= 4 is 25.8 Å². The Morgan fingerprint density at radius 2 is 2.28 bits per heavy atom. The molecule has 3 nitrogen and oxygen atoms in total. The molecule has 2 rings (SSSR count). The Labute approximate surface area is 117 Å². The van der Waals surface area contributed by atoms with Crippen LogP contribution in [-0.4, -0.2) is 33.5 Å². The summed E-state index contributed by atoms with van der Waals surface area (Å²) in [4.78, 5) is 0. The van der Waals surface area contributed by atoms with Gasteiger partial charge >= 0.3 is 0 Å². The molecular formula is C13H18BrNO2S. The van der Waals surface area contributed by atoms with Crippen LogP contribution in [-0.2, 0) is 9.84 Å². The minimum Gasteiger partial charge on any atom is -0.319 e. The van der Waals surface area contributed by atoms with Crippen molar-refractivity contribution in [1.29, 1.82) is 0 Å². The lowest BCUT2D eigenvalue weighted by Crippen LogP contribution is -2.25. The molecule has 2 atom stereocenters. The van der Waals surface area contributed by atoms with Gasteiger partial charge in [-0.2, -0.15) is 0 Å². The molecule has 0 saturated carbocycles. The first-order valence-electron chi connectivity index (χ1n) is 6.12. The highest BCUT2D eigenvalue weighted by molar-refractivity contribution is 9.10. The molecule has 0 bridgehead atoms. The van der Waals surface area contributed by atoms with E-state index in [0.29, 0.717) is 11.5 Å². The first-order valence-corrected chi connectivity index (χ1v) is 8.74. The third-order valence-electron chi connectivity index (χ3n) is 3.54. The fraction of sp³-hybridized carbons (Fsp3) is 0.538. The summed E-state index contributed by atoms with van der Waals surface area (Å²) in [5.41, 5.74) is 1.21. The topological polar surface area (TPSA) is 46.2 Å². The van der Waals surface area contributed by atoms with E-state index in [9.17, 15) is 8.42 Å². The van der Waals surface area contributed by atoms with Crippen LogP contribution in [0.2, 0.25) is 0 Å². The van der Waals surface area contributed by atoms with Gasteiger partial charge in [0.1, 0.15) is 0 Å². The Bertz CT molecular complexity index is 515. The Morgan fingerprint density at radius 3 is 2.83 bits per heavy atom. The van der Waals surface area contributed by atoms with E-state index in [1.165, 1.54) is 5.56 Å². The zero-order chi connectivity index (χ0) is 13.2. The predicted octanol–water partition coefficient (Wildman–Crippen LogP) is 2.19. The summed E-state index contributed by atoms with van der Waals surface area (Å²) in [6.45, 7) is 0.816. The van der Waals surface area contributed by atoms with Crippen LogP contribution in [0.25, 0.3) is 0 Å². The van der Waals surface area contributed by atoms with E-state index in [2.05, 4.69) is 33.4 Å². The Hall–Kier alpha value is -0.390. The molecule has 1 aliphatic rings. The lowest BCUT2D eigenvalue weighted by molar-refractivity contribution is 0.451. The van der Waals surface area contributed by atoms with Crippen molar-refractivity contribution in [2.24, 2.45) is 5.92 Å². The molecule has 1 N–H and O–H groups in total. The summed E-state index contributed by atoms with van der Waals surface area (Å²) in [5, 5.41) is 3.18. The van der Waals surface area contributed by atoms with Gasteiger partial charge in [-0.05, 0) is 37.1 Å². The van der Waals surface area contributed by atoms with Crippen LogP contribution in [0.15, 0.2) is 28.7 Å². The summed E-state index contributed by atoms with van der Waals surface area (Å²) in [6, 6.07) is 8.17. The largest absolute Gasteiger partial charge is 0.319 e. The Kier molecular flexibility index (Phi) is 4.45. The second-order valence-corrected chi connectivity index (χ2v) is 8.03. The van der Waals surface area contributed by atoms with Crippen molar-refractivity contribution in [3.63, 3.8) is 0 Å². The number of benzene rings is 1. The van der Waals surface area contributed by atoms with Gasteiger partial charge in [-0.1, -0.05) is 28.1 Å². The summed E-state index contributed by atoms with van der Waals surface area (Å²) in [5.74, 6) is 1.17. The van der Waals surface area contributed by atoms with Crippen LogP contribution in [0, 0.1) is 5.92 Å². The van der Waals surface area contributed by atoms with Gasteiger partial charge in [0.2, 0.25) is 0 Å². The standard InChI is InChI=1S/C13H18BrNO2S/c1-15-8-13(10-3-2-4-12(14)7-10)11-5-6-18(16,17)9-11/h2-4,7,11,13,15H,5-6,8-9H2,1H3. The maximum Gasteiger partial charge on any atom is 0.150 e. The molecule has 0 aromatic heterocycles. The lowest BCUT2D eigenvalue weighted by atomic mass is 9.85. The highest BCUT2D eigenvalue weighted by Gasteiger charge is 2.34.